The number of imide groups is 1. The second-order valence-corrected chi connectivity index (χ2v) is 3.01. The predicted molar refractivity (Wildman–Crippen MR) is 39.6 cm³/mol. The first-order chi connectivity index (χ1) is 5.04. The van der Waals surface area contributed by atoms with Crippen molar-refractivity contribution in [1.82, 2.24) is 4.90 Å². The second-order valence-electron chi connectivity index (χ2n) is 3.01. The fourth-order valence-electron chi connectivity index (χ4n) is 1.22. The molecule has 1 atom stereocenters. The smallest absolute Gasteiger partial charge is 0.246 e. The van der Waals surface area contributed by atoms with Crippen molar-refractivity contribution in [2.75, 3.05) is 0 Å². The first-order valence-electron chi connectivity index (χ1n) is 3.65. The highest BCUT2D eigenvalue weighted by Crippen LogP contribution is 2.13. The van der Waals surface area contributed by atoms with Crippen LogP contribution < -0.4 is 5.73 Å². The minimum atomic E-state index is -0.607. The Morgan fingerprint density at radius 2 is 2.09 bits per heavy atom. The van der Waals surface area contributed by atoms with Gasteiger partial charge in [0.1, 0.15) is 0 Å². The Labute approximate surface area is 65.3 Å². The molecule has 0 spiro atoms. The van der Waals surface area contributed by atoms with Gasteiger partial charge in [-0.2, -0.15) is 0 Å². The van der Waals surface area contributed by atoms with Crippen LogP contribution in [0.3, 0.4) is 0 Å². The predicted octanol–water partition coefficient (Wildman–Crippen LogP) is -0.519. The van der Waals surface area contributed by atoms with Gasteiger partial charge in [-0.1, -0.05) is 0 Å². The average Bonchev–Trinajstić information content (AvgIpc) is 2.07. The molecule has 0 radical (unpaired) electrons. The Bertz CT molecular complexity index is 201. The summed E-state index contributed by atoms with van der Waals surface area (Å²) in [6.45, 7) is 3.60. The van der Waals surface area contributed by atoms with Crippen LogP contribution in [0, 0.1) is 0 Å². The number of hydrogen-bond donors (Lipinski definition) is 1. The van der Waals surface area contributed by atoms with Crippen LogP contribution in [0.15, 0.2) is 0 Å². The maximum atomic E-state index is 11.1. The third-order valence-electron chi connectivity index (χ3n) is 1.73. The molecule has 1 saturated heterocycles. The van der Waals surface area contributed by atoms with Gasteiger partial charge in [0.05, 0.1) is 12.5 Å². The molecule has 0 aliphatic carbocycles. The number of carbonyl (C=O) groups excluding carboxylic acids is 2. The average molecular weight is 156 g/mol. The Hall–Kier alpha value is -0.900. The minimum absolute atomic E-state index is 0.0662. The molecule has 1 heterocycles. The van der Waals surface area contributed by atoms with Crippen LogP contribution in [0.2, 0.25) is 0 Å². The van der Waals surface area contributed by atoms with Gasteiger partial charge in [0.2, 0.25) is 11.8 Å². The fourth-order valence-corrected chi connectivity index (χ4v) is 1.22. The van der Waals surface area contributed by atoms with Crippen LogP contribution >= 0.6 is 0 Å². The Kier molecular flexibility index (Phi) is 1.95. The molecule has 0 aromatic rings. The largest absolute Gasteiger partial charge is 0.319 e. The third kappa shape index (κ3) is 1.26. The van der Waals surface area contributed by atoms with Crippen molar-refractivity contribution in [2.24, 2.45) is 5.73 Å². The number of rotatable bonds is 1. The summed E-state index contributed by atoms with van der Waals surface area (Å²) >= 11 is 0. The summed E-state index contributed by atoms with van der Waals surface area (Å²) in [5.74, 6) is -0.400. The van der Waals surface area contributed by atoms with Crippen LogP contribution in [0.4, 0.5) is 0 Å². The van der Waals surface area contributed by atoms with E-state index in [0.717, 1.165) is 0 Å². The molecule has 1 aliphatic heterocycles. The van der Waals surface area contributed by atoms with E-state index in [-0.39, 0.29) is 24.3 Å². The van der Waals surface area contributed by atoms with E-state index in [2.05, 4.69) is 0 Å². The highest BCUT2D eigenvalue weighted by molar-refractivity contribution is 6.05. The number of nitrogens with zero attached hydrogens (tertiary/aromatic N) is 1. The molecule has 62 valence electrons. The highest BCUT2D eigenvalue weighted by Gasteiger charge is 2.37. The molecule has 1 fully saturated rings. The minimum Gasteiger partial charge on any atom is -0.319 e. The van der Waals surface area contributed by atoms with Crippen molar-refractivity contribution in [3.63, 3.8) is 0 Å². The van der Waals surface area contributed by atoms with Crippen LogP contribution in [0.5, 0.6) is 0 Å². The van der Waals surface area contributed by atoms with E-state index in [4.69, 9.17) is 5.73 Å². The normalized spacial score (nSPS) is 25.5. The first-order valence-corrected chi connectivity index (χ1v) is 3.65. The van der Waals surface area contributed by atoms with Crippen LogP contribution in [0.1, 0.15) is 20.3 Å². The van der Waals surface area contributed by atoms with Gasteiger partial charge in [-0.05, 0) is 13.8 Å². The lowest BCUT2D eigenvalue weighted by molar-refractivity contribution is -0.140. The summed E-state index contributed by atoms with van der Waals surface area (Å²) < 4.78 is 0. The van der Waals surface area contributed by atoms with E-state index in [1.54, 1.807) is 13.8 Å². The number of nitrogens with two attached hydrogens (primary N) is 1. The topological polar surface area (TPSA) is 63.4 Å². The van der Waals surface area contributed by atoms with Gasteiger partial charge >= 0.3 is 0 Å². The summed E-state index contributed by atoms with van der Waals surface area (Å²) in [7, 11) is 0. The van der Waals surface area contributed by atoms with Crippen molar-refractivity contribution in [3.05, 3.63) is 0 Å². The van der Waals surface area contributed by atoms with Crippen LogP contribution in [-0.2, 0) is 9.59 Å². The molecule has 4 heteroatoms. The lowest BCUT2D eigenvalue weighted by Gasteiger charge is -2.17. The van der Waals surface area contributed by atoms with Crippen LogP contribution in [-0.4, -0.2) is 28.8 Å². The van der Waals surface area contributed by atoms with E-state index < -0.39 is 6.04 Å². The van der Waals surface area contributed by atoms with Gasteiger partial charge in [0.15, 0.2) is 0 Å². The van der Waals surface area contributed by atoms with Gasteiger partial charge in [0.25, 0.3) is 0 Å². The Morgan fingerprint density at radius 1 is 1.55 bits per heavy atom. The number of hydrogen-bond acceptors (Lipinski definition) is 3. The summed E-state index contributed by atoms with van der Waals surface area (Å²) in [5, 5.41) is 0. The molecule has 2 amide bonds. The molecular formula is C7H12N2O2. The molecular weight excluding hydrogens is 144 g/mol. The van der Waals surface area contributed by atoms with Crippen LogP contribution in [0.25, 0.3) is 0 Å². The lowest BCUT2D eigenvalue weighted by Crippen LogP contribution is -2.39. The van der Waals surface area contributed by atoms with Gasteiger partial charge in [0, 0.05) is 6.04 Å². The number of carbonyl (C=O) groups is 2. The fraction of sp³-hybridized carbons (Fsp3) is 0.714. The molecule has 0 bridgehead atoms. The van der Waals surface area contributed by atoms with Crippen molar-refractivity contribution in [2.45, 2.75) is 32.4 Å². The number of likely N-dealkylation sites (tertiary alicyclic amines) is 1. The molecule has 0 saturated carbocycles. The van der Waals surface area contributed by atoms with E-state index in [0.29, 0.717) is 0 Å². The first kappa shape index (κ1) is 8.20. The molecule has 4 nitrogen and oxygen atoms in total. The van der Waals surface area contributed by atoms with Crippen molar-refractivity contribution < 1.29 is 9.59 Å². The van der Waals surface area contributed by atoms with E-state index in [1.807, 2.05) is 0 Å². The number of amides is 2. The summed E-state index contributed by atoms with van der Waals surface area (Å²) in [4.78, 5) is 23.4. The Balaban J connectivity index is 2.80. The zero-order chi connectivity index (χ0) is 8.59. The van der Waals surface area contributed by atoms with Gasteiger partial charge in [-0.15, -0.1) is 0 Å². The van der Waals surface area contributed by atoms with E-state index in [1.165, 1.54) is 4.90 Å². The SMILES string of the molecule is CC(C)N1C(=O)C[C@H](N)C1=O. The van der Waals surface area contributed by atoms with E-state index in [9.17, 15) is 9.59 Å². The van der Waals surface area contributed by atoms with E-state index >= 15 is 0 Å². The molecule has 0 unspecified atom stereocenters. The molecule has 0 aromatic heterocycles. The summed E-state index contributed by atoms with van der Waals surface area (Å²) in [5.41, 5.74) is 5.38. The maximum Gasteiger partial charge on any atom is 0.246 e. The van der Waals surface area contributed by atoms with Gasteiger partial charge in [-0.25, -0.2) is 0 Å². The molecule has 2 N–H and O–H groups in total. The quantitative estimate of drug-likeness (QED) is 0.519. The molecule has 0 aromatic carbocycles. The zero-order valence-corrected chi connectivity index (χ0v) is 6.70. The zero-order valence-electron chi connectivity index (χ0n) is 6.70. The van der Waals surface area contributed by atoms with Crippen molar-refractivity contribution in [3.8, 4) is 0 Å². The lowest BCUT2D eigenvalue weighted by atomic mass is 10.3. The molecule has 1 aliphatic rings. The molecule has 11 heavy (non-hydrogen) atoms. The monoisotopic (exact) mass is 156 g/mol. The third-order valence-corrected chi connectivity index (χ3v) is 1.73. The van der Waals surface area contributed by atoms with Gasteiger partial charge < -0.3 is 5.73 Å². The Morgan fingerprint density at radius 3 is 2.27 bits per heavy atom. The second kappa shape index (κ2) is 2.62. The van der Waals surface area contributed by atoms with Crippen molar-refractivity contribution in [1.29, 1.82) is 0 Å². The highest BCUT2D eigenvalue weighted by atomic mass is 16.2. The maximum absolute atomic E-state index is 11.1. The summed E-state index contributed by atoms with van der Waals surface area (Å²) in [6.07, 6.45) is 0.164. The standard InChI is InChI=1S/C7H12N2O2/c1-4(2)9-6(10)3-5(8)7(9)11/h4-5H,3,8H2,1-2H3/t5-/m0/s1. The van der Waals surface area contributed by atoms with Crippen molar-refractivity contribution >= 4 is 11.8 Å². The summed E-state index contributed by atoms with van der Waals surface area (Å²) in [6, 6.07) is -0.673. The molecule has 1 rings (SSSR count). The van der Waals surface area contributed by atoms with Gasteiger partial charge in [-0.3, -0.25) is 14.5 Å².